The summed E-state index contributed by atoms with van der Waals surface area (Å²) in [6.07, 6.45) is 5.38. The van der Waals surface area contributed by atoms with Gasteiger partial charge in [-0.15, -0.1) is 0 Å². The third kappa shape index (κ3) is 1.03. The van der Waals surface area contributed by atoms with Gasteiger partial charge in [0.2, 0.25) is 5.91 Å². The fraction of sp³-hybridized carbons (Fsp3) is 0.667. The summed E-state index contributed by atoms with van der Waals surface area (Å²) < 4.78 is 5.78. The van der Waals surface area contributed by atoms with E-state index in [4.69, 9.17) is 4.74 Å². The van der Waals surface area contributed by atoms with Crippen molar-refractivity contribution in [3.05, 3.63) is 12.2 Å². The highest BCUT2D eigenvalue weighted by molar-refractivity contribution is 5.91. The smallest absolute Gasteiger partial charge is 0.310 e. The molecule has 0 unspecified atom stereocenters. The van der Waals surface area contributed by atoms with Crippen LogP contribution in [0.3, 0.4) is 0 Å². The van der Waals surface area contributed by atoms with Gasteiger partial charge in [0.15, 0.2) is 0 Å². The second-order valence-electron chi connectivity index (χ2n) is 5.44. The minimum Gasteiger partial charge on any atom is -0.481 e. The third-order valence-corrected chi connectivity index (χ3v) is 4.40. The number of carboxylic acids is 1. The van der Waals surface area contributed by atoms with Crippen molar-refractivity contribution < 1.29 is 19.4 Å². The standard InChI is InChI=1S/C12H13NO4/c14-10-9-8(11(15)16)7-3-4-12(9,17-7)5-13(10)6-1-2-6/h3-4,6-9H,1-2,5H2,(H,15,16)/t7-,8+,9+,12+/m0/s1. The van der Waals surface area contributed by atoms with E-state index in [9.17, 15) is 14.7 Å². The molecule has 2 saturated heterocycles. The van der Waals surface area contributed by atoms with Crippen molar-refractivity contribution in [2.75, 3.05) is 6.54 Å². The van der Waals surface area contributed by atoms with Crippen LogP contribution in [0.25, 0.3) is 0 Å². The molecule has 0 radical (unpaired) electrons. The molecule has 5 nitrogen and oxygen atoms in total. The Morgan fingerprint density at radius 3 is 2.94 bits per heavy atom. The molecule has 1 aliphatic carbocycles. The molecule has 90 valence electrons. The van der Waals surface area contributed by atoms with Gasteiger partial charge in [-0.25, -0.2) is 0 Å². The maximum absolute atomic E-state index is 12.3. The van der Waals surface area contributed by atoms with E-state index in [1.54, 1.807) is 6.08 Å². The molecule has 0 aromatic carbocycles. The van der Waals surface area contributed by atoms with E-state index < -0.39 is 29.5 Å². The summed E-state index contributed by atoms with van der Waals surface area (Å²) in [6, 6.07) is 0.327. The van der Waals surface area contributed by atoms with Gasteiger partial charge in [-0.3, -0.25) is 9.59 Å². The summed E-state index contributed by atoms with van der Waals surface area (Å²) in [6.45, 7) is 0.540. The Hall–Kier alpha value is -1.36. The topological polar surface area (TPSA) is 66.8 Å². The van der Waals surface area contributed by atoms with Gasteiger partial charge in [-0.1, -0.05) is 12.2 Å². The number of ether oxygens (including phenoxy) is 1. The SMILES string of the molecule is O=C(O)[C@@H]1[C@@H]2C=C[C@]3(CN(C4CC4)C(=O)[C@@H]13)O2. The second-order valence-corrected chi connectivity index (χ2v) is 5.44. The minimum absolute atomic E-state index is 0.0215. The summed E-state index contributed by atoms with van der Waals surface area (Å²) in [5.41, 5.74) is -0.645. The van der Waals surface area contributed by atoms with Gasteiger partial charge in [0, 0.05) is 6.04 Å². The molecule has 2 bridgehead atoms. The molecule has 1 spiro atoms. The second kappa shape index (κ2) is 2.72. The van der Waals surface area contributed by atoms with Gasteiger partial charge in [-0.05, 0) is 12.8 Å². The van der Waals surface area contributed by atoms with Crippen molar-refractivity contribution in [2.45, 2.75) is 30.6 Å². The number of carbonyl (C=O) groups excluding carboxylic acids is 1. The molecule has 4 rings (SSSR count). The molecule has 1 amide bonds. The number of fused-ring (bicyclic) bond motifs is 1. The number of likely N-dealkylation sites (tertiary alicyclic amines) is 1. The lowest BCUT2D eigenvalue weighted by molar-refractivity contribution is -0.148. The highest BCUT2D eigenvalue weighted by Gasteiger charge is 2.68. The Labute approximate surface area is 98.0 Å². The Balaban J connectivity index is 1.76. The average molecular weight is 235 g/mol. The molecule has 0 aromatic heterocycles. The molecule has 1 N–H and O–H groups in total. The van der Waals surface area contributed by atoms with E-state index in [0.717, 1.165) is 12.8 Å². The summed E-state index contributed by atoms with van der Waals surface area (Å²) in [5, 5.41) is 9.25. The summed E-state index contributed by atoms with van der Waals surface area (Å²) in [4.78, 5) is 25.4. The van der Waals surface area contributed by atoms with Gasteiger partial charge in [0.1, 0.15) is 11.5 Å². The van der Waals surface area contributed by atoms with Crippen LogP contribution in [0.5, 0.6) is 0 Å². The number of nitrogens with zero attached hydrogens (tertiary/aromatic N) is 1. The molecule has 0 aromatic rings. The number of amides is 1. The fourth-order valence-electron chi connectivity index (χ4n) is 3.51. The average Bonchev–Trinajstić information content (AvgIpc) is 2.89. The summed E-state index contributed by atoms with van der Waals surface area (Å²) in [7, 11) is 0. The molecule has 4 atom stereocenters. The number of rotatable bonds is 2. The Morgan fingerprint density at radius 1 is 1.53 bits per heavy atom. The fourth-order valence-corrected chi connectivity index (χ4v) is 3.51. The molecule has 17 heavy (non-hydrogen) atoms. The lowest BCUT2D eigenvalue weighted by atomic mass is 9.77. The largest absolute Gasteiger partial charge is 0.481 e. The first-order valence-corrected chi connectivity index (χ1v) is 6.03. The molecular weight excluding hydrogens is 222 g/mol. The van der Waals surface area contributed by atoms with Crippen molar-refractivity contribution in [3.63, 3.8) is 0 Å². The normalized spacial score (nSPS) is 46.7. The zero-order valence-corrected chi connectivity index (χ0v) is 9.20. The monoisotopic (exact) mass is 235 g/mol. The molecule has 3 heterocycles. The molecule has 3 fully saturated rings. The van der Waals surface area contributed by atoms with Gasteiger partial charge in [0.05, 0.1) is 18.6 Å². The van der Waals surface area contributed by atoms with Crippen LogP contribution in [-0.2, 0) is 14.3 Å². The van der Waals surface area contributed by atoms with Crippen LogP contribution in [0.15, 0.2) is 12.2 Å². The van der Waals surface area contributed by atoms with Crippen LogP contribution < -0.4 is 0 Å². The summed E-state index contributed by atoms with van der Waals surface area (Å²) in [5.74, 6) is -2.14. The molecule has 5 heteroatoms. The van der Waals surface area contributed by atoms with E-state index in [0.29, 0.717) is 12.6 Å². The van der Waals surface area contributed by atoms with Crippen molar-refractivity contribution in [2.24, 2.45) is 11.8 Å². The van der Waals surface area contributed by atoms with Crippen LogP contribution in [-0.4, -0.2) is 46.2 Å². The van der Waals surface area contributed by atoms with Gasteiger partial charge < -0.3 is 14.7 Å². The zero-order valence-electron chi connectivity index (χ0n) is 9.20. The first kappa shape index (κ1) is 9.65. The van der Waals surface area contributed by atoms with Gasteiger partial charge in [0.25, 0.3) is 0 Å². The first-order chi connectivity index (χ1) is 8.12. The zero-order chi connectivity index (χ0) is 11.8. The van der Waals surface area contributed by atoms with Crippen molar-refractivity contribution >= 4 is 11.9 Å². The van der Waals surface area contributed by atoms with Crippen LogP contribution in [0.1, 0.15) is 12.8 Å². The highest BCUT2D eigenvalue weighted by atomic mass is 16.5. The van der Waals surface area contributed by atoms with Crippen molar-refractivity contribution in [3.8, 4) is 0 Å². The van der Waals surface area contributed by atoms with Crippen molar-refractivity contribution in [1.29, 1.82) is 0 Å². The molecule has 1 saturated carbocycles. The van der Waals surface area contributed by atoms with E-state index in [1.807, 2.05) is 11.0 Å². The van der Waals surface area contributed by atoms with Crippen LogP contribution in [0.4, 0.5) is 0 Å². The number of hydrogen-bond donors (Lipinski definition) is 1. The molecule has 4 aliphatic rings. The minimum atomic E-state index is -0.919. The molecular formula is C12H13NO4. The Morgan fingerprint density at radius 2 is 2.29 bits per heavy atom. The van der Waals surface area contributed by atoms with Gasteiger partial charge >= 0.3 is 5.97 Å². The predicted molar refractivity (Wildman–Crippen MR) is 56.1 cm³/mol. The van der Waals surface area contributed by atoms with Gasteiger partial charge in [-0.2, -0.15) is 0 Å². The maximum atomic E-state index is 12.3. The number of aliphatic carboxylic acids is 1. The first-order valence-electron chi connectivity index (χ1n) is 6.03. The maximum Gasteiger partial charge on any atom is 0.310 e. The number of carbonyl (C=O) groups is 2. The van der Waals surface area contributed by atoms with Crippen LogP contribution in [0, 0.1) is 11.8 Å². The lowest BCUT2D eigenvalue weighted by Gasteiger charge is -2.21. The third-order valence-electron chi connectivity index (χ3n) is 4.40. The predicted octanol–water partition coefficient (Wildman–Crippen LogP) is 0.0154. The van der Waals surface area contributed by atoms with E-state index in [1.165, 1.54) is 0 Å². The van der Waals surface area contributed by atoms with Crippen LogP contribution in [0.2, 0.25) is 0 Å². The van der Waals surface area contributed by atoms with Crippen molar-refractivity contribution in [1.82, 2.24) is 4.90 Å². The summed E-state index contributed by atoms with van der Waals surface area (Å²) >= 11 is 0. The van der Waals surface area contributed by atoms with E-state index >= 15 is 0 Å². The highest BCUT2D eigenvalue weighted by Crippen LogP contribution is 2.53. The van der Waals surface area contributed by atoms with Crippen LogP contribution >= 0.6 is 0 Å². The lowest BCUT2D eigenvalue weighted by Crippen LogP contribution is -2.39. The Kier molecular flexibility index (Phi) is 1.54. The van der Waals surface area contributed by atoms with E-state index in [2.05, 4.69) is 0 Å². The quantitative estimate of drug-likeness (QED) is 0.685. The number of carboxylic acid groups (broad SMARTS) is 1. The number of hydrogen-bond acceptors (Lipinski definition) is 3. The molecule has 3 aliphatic heterocycles. The Bertz CT molecular complexity index is 455. The van der Waals surface area contributed by atoms with E-state index in [-0.39, 0.29) is 5.91 Å².